The molecule has 0 fully saturated rings. The van der Waals surface area contributed by atoms with Crippen molar-refractivity contribution in [3.05, 3.63) is 76.7 Å². The number of anilines is 1. The van der Waals surface area contributed by atoms with E-state index in [4.69, 9.17) is 16.0 Å². The number of rotatable bonds is 3. The summed E-state index contributed by atoms with van der Waals surface area (Å²) >= 11 is 7.43. The number of halogens is 2. The molecule has 1 amide bonds. The van der Waals surface area contributed by atoms with Gasteiger partial charge in [-0.15, -0.1) is 11.3 Å². The molecular weight excluding hydrogens is 401 g/mol. The molecule has 138 valence electrons. The lowest BCUT2D eigenvalue weighted by molar-refractivity contribution is 0.0998. The summed E-state index contributed by atoms with van der Waals surface area (Å²) in [6, 6.07) is 12.8. The Bertz CT molecular complexity index is 1340. The van der Waals surface area contributed by atoms with Crippen molar-refractivity contribution in [2.45, 2.75) is 0 Å². The molecule has 28 heavy (non-hydrogen) atoms. The normalized spacial score (nSPS) is 11.4. The molecule has 0 spiro atoms. The topological polar surface area (TPSA) is 59.5 Å². The molecule has 3 heterocycles. The summed E-state index contributed by atoms with van der Waals surface area (Å²) in [4.78, 5) is 18.1. The minimum absolute atomic E-state index is 0.160. The van der Waals surface area contributed by atoms with Gasteiger partial charge < -0.3 is 9.73 Å². The number of nitrogens with zero attached hydrogens (tertiary/aromatic N) is 2. The van der Waals surface area contributed by atoms with Crippen LogP contribution in [0.15, 0.2) is 64.5 Å². The zero-order chi connectivity index (χ0) is 19.3. The number of thiazole rings is 1. The molecule has 0 unspecified atom stereocenters. The van der Waals surface area contributed by atoms with E-state index in [1.807, 2.05) is 11.6 Å². The fourth-order valence-corrected chi connectivity index (χ4v) is 3.90. The Morgan fingerprint density at radius 3 is 2.82 bits per heavy atom. The predicted molar refractivity (Wildman–Crippen MR) is 108 cm³/mol. The molecule has 5 aromatic rings. The van der Waals surface area contributed by atoms with Crippen LogP contribution in [0, 0.1) is 5.82 Å². The van der Waals surface area contributed by atoms with E-state index >= 15 is 0 Å². The van der Waals surface area contributed by atoms with Crippen LogP contribution in [0.2, 0.25) is 5.02 Å². The third-order valence-corrected chi connectivity index (χ3v) is 5.31. The Morgan fingerprint density at radius 2 is 2.00 bits per heavy atom. The van der Waals surface area contributed by atoms with Gasteiger partial charge in [0, 0.05) is 27.5 Å². The third-order valence-electron chi connectivity index (χ3n) is 4.31. The van der Waals surface area contributed by atoms with Gasteiger partial charge in [0.05, 0.1) is 0 Å². The number of hydrogen-bond donors (Lipinski definition) is 1. The largest absolute Gasteiger partial charge is 0.451 e. The molecule has 0 aliphatic carbocycles. The summed E-state index contributed by atoms with van der Waals surface area (Å²) in [6.45, 7) is 0. The van der Waals surface area contributed by atoms with E-state index in [1.165, 1.54) is 23.5 Å². The van der Waals surface area contributed by atoms with Gasteiger partial charge in [0.25, 0.3) is 5.91 Å². The van der Waals surface area contributed by atoms with E-state index < -0.39 is 5.91 Å². The molecule has 0 saturated carbocycles. The van der Waals surface area contributed by atoms with Crippen LogP contribution in [-0.4, -0.2) is 15.3 Å². The predicted octanol–water partition coefficient (Wildman–Crippen LogP) is 5.85. The highest BCUT2D eigenvalue weighted by molar-refractivity contribution is 7.15. The van der Waals surface area contributed by atoms with Crippen LogP contribution in [0.4, 0.5) is 10.2 Å². The maximum atomic E-state index is 13.3. The number of amides is 1. The number of hydrogen-bond acceptors (Lipinski definition) is 4. The van der Waals surface area contributed by atoms with Gasteiger partial charge in [0.1, 0.15) is 22.9 Å². The maximum absolute atomic E-state index is 13.3. The van der Waals surface area contributed by atoms with E-state index in [1.54, 1.807) is 40.8 Å². The lowest BCUT2D eigenvalue weighted by atomic mass is 10.1. The number of aromatic nitrogens is 2. The lowest BCUT2D eigenvalue weighted by Crippen LogP contribution is -2.13. The molecule has 0 atom stereocenters. The molecule has 3 aromatic heterocycles. The van der Waals surface area contributed by atoms with Gasteiger partial charge in [-0.25, -0.2) is 9.37 Å². The van der Waals surface area contributed by atoms with Crippen LogP contribution in [-0.2, 0) is 0 Å². The Morgan fingerprint density at radius 1 is 1.18 bits per heavy atom. The number of nitrogens with one attached hydrogen (secondary N) is 1. The van der Waals surface area contributed by atoms with Crippen LogP contribution >= 0.6 is 22.9 Å². The highest BCUT2D eigenvalue weighted by Crippen LogP contribution is 2.32. The summed E-state index contributed by atoms with van der Waals surface area (Å²) in [5, 5.41) is 6.05. The molecular formula is C20H11ClFN3O2S. The molecule has 1 N–H and O–H groups in total. The second-order valence-electron chi connectivity index (χ2n) is 6.12. The standard InChI is InChI=1S/C20H11ClFN3O2S/c21-13-3-6-15-12(9-13)10-16(27-15)19(26)24-18-17(11-1-4-14(22)5-2-11)23-20-25(18)7-8-28-20/h1-10H,(H,24,26). The van der Waals surface area contributed by atoms with Crippen molar-refractivity contribution in [3.8, 4) is 11.3 Å². The molecule has 0 saturated heterocycles. The Hall–Kier alpha value is -3.16. The molecule has 0 aliphatic heterocycles. The summed E-state index contributed by atoms with van der Waals surface area (Å²) in [6.07, 6.45) is 1.81. The Kier molecular flexibility index (Phi) is 3.92. The molecule has 5 rings (SSSR count). The summed E-state index contributed by atoms with van der Waals surface area (Å²) < 4.78 is 20.7. The number of furan rings is 1. The number of benzene rings is 2. The van der Waals surface area contributed by atoms with Crippen LogP contribution in [0.25, 0.3) is 27.2 Å². The molecule has 0 bridgehead atoms. The minimum atomic E-state index is -0.413. The van der Waals surface area contributed by atoms with Crippen molar-refractivity contribution < 1.29 is 13.6 Å². The summed E-state index contributed by atoms with van der Waals surface area (Å²) in [5.41, 5.74) is 1.82. The van der Waals surface area contributed by atoms with Gasteiger partial charge in [0.15, 0.2) is 10.7 Å². The zero-order valence-electron chi connectivity index (χ0n) is 14.1. The minimum Gasteiger partial charge on any atom is -0.451 e. The molecule has 8 heteroatoms. The first-order valence-electron chi connectivity index (χ1n) is 8.30. The highest BCUT2D eigenvalue weighted by Gasteiger charge is 2.20. The Labute approximate surface area is 167 Å². The molecule has 0 aliphatic rings. The number of imidazole rings is 1. The smallest absolute Gasteiger partial charge is 0.292 e. The first-order chi connectivity index (χ1) is 13.6. The van der Waals surface area contributed by atoms with Crippen LogP contribution in [0.1, 0.15) is 10.6 Å². The summed E-state index contributed by atoms with van der Waals surface area (Å²) in [5.74, 6) is -0.0983. The second kappa shape index (κ2) is 6.47. The fourth-order valence-electron chi connectivity index (χ4n) is 3.01. The molecule has 2 aromatic carbocycles. The number of carbonyl (C=O) groups is 1. The van der Waals surface area contributed by atoms with Crippen LogP contribution in [0.5, 0.6) is 0 Å². The van der Waals surface area contributed by atoms with Gasteiger partial charge in [-0.1, -0.05) is 11.6 Å². The van der Waals surface area contributed by atoms with Gasteiger partial charge >= 0.3 is 0 Å². The van der Waals surface area contributed by atoms with Gasteiger partial charge in [-0.2, -0.15) is 0 Å². The van der Waals surface area contributed by atoms with Gasteiger partial charge in [-0.3, -0.25) is 9.20 Å². The van der Waals surface area contributed by atoms with E-state index in [0.717, 1.165) is 5.39 Å². The number of carbonyl (C=O) groups excluding carboxylic acids is 1. The van der Waals surface area contributed by atoms with Crippen LogP contribution < -0.4 is 5.32 Å². The zero-order valence-corrected chi connectivity index (χ0v) is 15.7. The maximum Gasteiger partial charge on any atom is 0.292 e. The van der Waals surface area contributed by atoms with Crippen LogP contribution in [0.3, 0.4) is 0 Å². The van der Waals surface area contributed by atoms with Gasteiger partial charge in [-0.05, 0) is 48.5 Å². The average molecular weight is 412 g/mol. The van der Waals surface area contributed by atoms with E-state index in [-0.39, 0.29) is 11.6 Å². The van der Waals surface area contributed by atoms with Crippen molar-refractivity contribution >= 4 is 50.6 Å². The quantitative estimate of drug-likeness (QED) is 0.405. The van der Waals surface area contributed by atoms with E-state index in [9.17, 15) is 9.18 Å². The van der Waals surface area contributed by atoms with Crippen molar-refractivity contribution in [2.75, 3.05) is 5.32 Å². The van der Waals surface area contributed by atoms with Gasteiger partial charge in [0.2, 0.25) is 0 Å². The first-order valence-corrected chi connectivity index (χ1v) is 9.56. The SMILES string of the molecule is O=C(Nc1c(-c2ccc(F)cc2)nc2sccn12)c1cc2cc(Cl)ccc2o1. The van der Waals surface area contributed by atoms with Crippen molar-refractivity contribution in [2.24, 2.45) is 0 Å². The highest BCUT2D eigenvalue weighted by atomic mass is 35.5. The van der Waals surface area contributed by atoms with Crippen molar-refractivity contribution in [1.82, 2.24) is 9.38 Å². The lowest BCUT2D eigenvalue weighted by Gasteiger charge is -2.05. The fraction of sp³-hybridized carbons (Fsp3) is 0. The summed E-state index contributed by atoms with van der Waals surface area (Å²) in [7, 11) is 0. The molecule has 0 radical (unpaired) electrons. The second-order valence-corrected chi connectivity index (χ2v) is 7.43. The monoisotopic (exact) mass is 411 g/mol. The average Bonchev–Trinajstić information content (AvgIpc) is 3.37. The Balaban J connectivity index is 1.56. The van der Waals surface area contributed by atoms with E-state index in [0.29, 0.717) is 32.6 Å². The van der Waals surface area contributed by atoms with Crippen molar-refractivity contribution in [1.29, 1.82) is 0 Å². The first kappa shape index (κ1) is 17.0. The van der Waals surface area contributed by atoms with Crippen molar-refractivity contribution in [3.63, 3.8) is 0 Å². The third kappa shape index (κ3) is 2.85. The molecule has 5 nitrogen and oxygen atoms in total. The number of fused-ring (bicyclic) bond motifs is 2. The van der Waals surface area contributed by atoms with E-state index in [2.05, 4.69) is 10.3 Å².